The maximum atomic E-state index is 13.6. The Morgan fingerprint density at radius 2 is 1.95 bits per heavy atom. The molecular weight excluding hydrogens is 241 g/mol. The fourth-order valence-corrected chi connectivity index (χ4v) is 2.96. The Labute approximate surface area is 115 Å². The smallest absolute Gasteiger partial charge is 0.127 e. The molecule has 1 saturated carbocycles. The third-order valence-corrected chi connectivity index (χ3v) is 4.06. The fourth-order valence-electron chi connectivity index (χ4n) is 2.96. The third-order valence-electron chi connectivity index (χ3n) is 4.06. The number of benzene rings is 1. The van der Waals surface area contributed by atoms with Crippen LogP contribution in [0.2, 0.25) is 0 Å². The molecule has 1 aliphatic carbocycles. The molecule has 0 heterocycles. The molecule has 3 heteroatoms. The first kappa shape index (κ1) is 14.5. The molecule has 19 heavy (non-hydrogen) atoms. The van der Waals surface area contributed by atoms with E-state index in [9.17, 15) is 9.50 Å². The predicted molar refractivity (Wildman–Crippen MR) is 75.3 cm³/mol. The molecule has 106 valence electrons. The molecule has 2 atom stereocenters. The quantitative estimate of drug-likeness (QED) is 0.845. The van der Waals surface area contributed by atoms with Gasteiger partial charge in [0.2, 0.25) is 0 Å². The van der Waals surface area contributed by atoms with E-state index < -0.39 is 0 Å². The van der Waals surface area contributed by atoms with Gasteiger partial charge in [-0.25, -0.2) is 4.39 Å². The van der Waals surface area contributed by atoms with Crippen LogP contribution >= 0.6 is 0 Å². The molecule has 2 rings (SSSR count). The van der Waals surface area contributed by atoms with E-state index in [0.717, 1.165) is 31.4 Å². The molecule has 0 saturated heterocycles. The second-order valence-corrected chi connectivity index (χ2v) is 5.75. The van der Waals surface area contributed by atoms with E-state index in [1.54, 1.807) is 6.07 Å². The van der Waals surface area contributed by atoms with E-state index in [-0.39, 0.29) is 11.9 Å². The van der Waals surface area contributed by atoms with Gasteiger partial charge in [0.1, 0.15) is 5.82 Å². The van der Waals surface area contributed by atoms with Crippen molar-refractivity contribution in [2.75, 3.05) is 13.6 Å². The molecule has 1 aromatic rings. The van der Waals surface area contributed by atoms with Crippen molar-refractivity contribution < 1.29 is 9.50 Å². The highest BCUT2D eigenvalue weighted by Crippen LogP contribution is 2.24. The number of hydrogen-bond donors (Lipinski definition) is 1. The Bertz CT molecular complexity index is 396. The van der Waals surface area contributed by atoms with Gasteiger partial charge in [0.05, 0.1) is 6.10 Å². The van der Waals surface area contributed by atoms with Crippen LogP contribution in [0, 0.1) is 11.7 Å². The molecule has 1 fully saturated rings. The predicted octanol–water partition coefficient (Wildman–Crippen LogP) is 3.20. The highest BCUT2D eigenvalue weighted by Gasteiger charge is 2.22. The number of nitrogens with zero attached hydrogens (tertiary/aromatic N) is 1. The third kappa shape index (κ3) is 4.29. The SMILES string of the molecule is CN(Cc1ccccc1F)CC1CCCCCC1O. The van der Waals surface area contributed by atoms with Gasteiger partial charge >= 0.3 is 0 Å². The van der Waals surface area contributed by atoms with Gasteiger partial charge in [-0.15, -0.1) is 0 Å². The molecule has 1 aliphatic rings. The molecule has 0 radical (unpaired) electrons. The summed E-state index contributed by atoms with van der Waals surface area (Å²) < 4.78 is 13.6. The minimum absolute atomic E-state index is 0.143. The Kier molecular flexibility index (Phi) is 5.34. The lowest BCUT2D eigenvalue weighted by atomic mass is 9.96. The van der Waals surface area contributed by atoms with Crippen molar-refractivity contribution in [2.24, 2.45) is 5.92 Å². The van der Waals surface area contributed by atoms with E-state index >= 15 is 0 Å². The first-order chi connectivity index (χ1) is 9.16. The van der Waals surface area contributed by atoms with Crippen molar-refractivity contribution in [3.63, 3.8) is 0 Å². The normalized spacial score (nSPS) is 24.4. The van der Waals surface area contributed by atoms with Crippen LogP contribution in [0.25, 0.3) is 0 Å². The summed E-state index contributed by atoms with van der Waals surface area (Å²) in [6, 6.07) is 6.92. The monoisotopic (exact) mass is 265 g/mol. The summed E-state index contributed by atoms with van der Waals surface area (Å²) in [6.07, 6.45) is 5.38. The molecule has 0 spiro atoms. The van der Waals surface area contributed by atoms with Gasteiger partial charge in [0.15, 0.2) is 0 Å². The summed E-state index contributed by atoms with van der Waals surface area (Å²) in [5.41, 5.74) is 0.730. The van der Waals surface area contributed by atoms with Gasteiger partial charge in [0, 0.05) is 18.7 Å². The van der Waals surface area contributed by atoms with Gasteiger partial charge in [-0.1, -0.05) is 37.5 Å². The molecule has 2 nitrogen and oxygen atoms in total. The van der Waals surface area contributed by atoms with Crippen molar-refractivity contribution in [1.82, 2.24) is 4.90 Å². The number of rotatable bonds is 4. The number of aliphatic hydroxyl groups excluding tert-OH is 1. The van der Waals surface area contributed by atoms with Crippen LogP contribution in [0.5, 0.6) is 0 Å². The van der Waals surface area contributed by atoms with Crippen molar-refractivity contribution in [3.05, 3.63) is 35.6 Å². The minimum Gasteiger partial charge on any atom is -0.393 e. The van der Waals surface area contributed by atoms with E-state index in [1.807, 2.05) is 19.2 Å². The summed E-state index contributed by atoms with van der Waals surface area (Å²) in [6.45, 7) is 1.45. The summed E-state index contributed by atoms with van der Waals surface area (Å²) in [4.78, 5) is 2.12. The standard InChI is InChI=1S/C16H24FNO/c1-18(11-13-7-5-6-9-15(13)17)12-14-8-3-2-4-10-16(14)19/h5-7,9,14,16,19H,2-4,8,10-12H2,1H3. The summed E-state index contributed by atoms with van der Waals surface area (Å²) in [5.74, 6) is 0.190. The van der Waals surface area contributed by atoms with Crippen LogP contribution in [0.15, 0.2) is 24.3 Å². The van der Waals surface area contributed by atoms with Crippen LogP contribution in [-0.4, -0.2) is 29.7 Å². The Hall–Kier alpha value is -0.930. The van der Waals surface area contributed by atoms with Crippen molar-refractivity contribution in [2.45, 2.75) is 44.8 Å². The summed E-state index contributed by atoms with van der Waals surface area (Å²) in [7, 11) is 2.00. The van der Waals surface area contributed by atoms with E-state index in [2.05, 4.69) is 4.90 Å². The molecule has 0 bridgehead atoms. The Balaban J connectivity index is 1.89. The van der Waals surface area contributed by atoms with Crippen LogP contribution in [-0.2, 0) is 6.54 Å². The van der Waals surface area contributed by atoms with E-state index in [1.165, 1.54) is 18.9 Å². The van der Waals surface area contributed by atoms with Crippen molar-refractivity contribution in [3.8, 4) is 0 Å². The number of halogens is 1. The van der Waals surface area contributed by atoms with E-state index in [4.69, 9.17) is 0 Å². The first-order valence-electron chi connectivity index (χ1n) is 7.27. The zero-order valence-corrected chi connectivity index (χ0v) is 11.7. The zero-order chi connectivity index (χ0) is 13.7. The van der Waals surface area contributed by atoms with Gasteiger partial charge in [-0.05, 0) is 31.9 Å². The average Bonchev–Trinajstić information content (AvgIpc) is 2.58. The van der Waals surface area contributed by atoms with Gasteiger partial charge in [-0.2, -0.15) is 0 Å². The van der Waals surface area contributed by atoms with Gasteiger partial charge < -0.3 is 10.0 Å². The fraction of sp³-hybridized carbons (Fsp3) is 0.625. The second kappa shape index (κ2) is 7.01. The minimum atomic E-state index is -0.189. The maximum absolute atomic E-state index is 13.6. The lowest BCUT2D eigenvalue weighted by Crippen LogP contribution is -2.32. The molecule has 1 aromatic carbocycles. The highest BCUT2D eigenvalue weighted by atomic mass is 19.1. The van der Waals surface area contributed by atoms with Crippen LogP contribution in [0.3, 0.4) is 0 Å². The lowest BCUT2D eigenvalue weighted by Gasteiger charge is -2.26. The topological polar surface area (TPSA) is 23.5 Å². The van der Waals surface area contributed by atoms with E-state index in [0.29, 0.717) is 12.5 Å². The van der Waals surface area contributed by atoms with Crippen LogP contribution < -0.4 is 0 Å². The number of aliphatic hydroxyl groups is 1. The highest BCUT2D eigenvalue weighted by molar-refractivity contribution is 5.16. The molecular formula is C16H24FNO. The maximum Gasteiger partial charge on any atom is 0.127 e. The molecule has 0 aromatic heterocycles. The average molecular weight is 265 g/mol. The second-order valence-electron chi connectivity index (χ2n) is 5.75. The largest absolute Gasteiger partial charge is 0.393 e. The van der Waals surface area contributed by atoms with Crippen LogP contribution in [0.1, 0.15) is 37.7 Å². The number of hydrogen-bond acceptors (Lipinski definition) is 2. The lowest BCUT2D eigenvalue weighted by molar-refractivity contribution is 0.0778. The molecule has 1 N–H and O–H groups in total. The van der Waals surface area contributed by atoms with Gasteiger partial charge in [-0.3, -0.25) is 0 Å². The molecule has 0 aliphatic heterocycles. The molecule has 0 amide bonds. The Morgan fingerprint density at radius 1 is 1.21 bits per heavy atom. The van der Waals surface area contributed by atoms with Crippen molar-refractivity contribution in [1.29, 1.82) is 0 Å². The molecule has 2 unspecified atom stereocenters. The summed E-state index contributed by atoms with van der Waals surface area (Å²) in [5, 5.41) is 10.1. The summed E-state index contributed by atoms with van der Waals surface area (Å²) >= 11 is 0. The van der Waals surface area contributed by atoms with Crippen LogP contribution in [0.4, 0.5) is 4.39 Å². The zero-order valence-electron chi connectivity index (χ0n) is 11.7. The first-order valence-corrected chi connectivity index (χ1v) is 7.27. The van der Waals surface area contributed by atoms with Gasteiger partial charge in [0.25, 0.3) is 0 Å². The Morgan fingerprint density at radius 3 is 2.74 bits per heavy atom. The van der Waals surface area contributed by atoms with Crippen molar-refractivity contribution >= 4 is 0 Å².